The van der Waals surface area contributed by atoms with Gasteiger partial charge in [-0.05, 0) is 49.8 Å². The molecule has 0 radical (unpaired) electrons. The van der Waals surface area contributed by atoms with Gasteiger partial charge in [0.2, 0.25) is 5.91 Å². The Hall–Kier alpha value is -2.57. The number of imide groups is 1. The van der Waals surface area contributed by atoms with E-state index in [2.05, 4.69) is 10.6 Å². The molecule has 1 aliphatic heterocycles. The second-order valence-electron chi connectivity index (χ2n) is 7.81. The highest BCUT2D eigenvalue weighted by molar-refractivity contribution is 6.09. The Balaban J connectivity index is 1.42. The van der Waals surface area contributed by atoms with Crippen molar-refractivity contribution in [2.45, 2.75) is 51.5 Å². The first-order valence-electron chi connectivity index (χ1n) is 10.0. The van der Waals surface area contributed by atoms with Gasteiger partial charge in [-0.3, -0.25) is 14.5 Å². The smallest absolute Gasteiger partial charge is 0.325 e. The normalized spacial score (nSPS) is 24.4. The van der Waals surface area contributed by atoms with Crippen molar-refractivity contribution in [3.63, 3.8) is 0 Å². The van der Waals surface area contributed by atoms with E-state index in [4.69, 9.17) is 4.74 Å². The molecule has 1 saturated heterocycles. The third-order valence-corrected chi connectivity index (χ3v) is 5.70. The summed E-state index contributed by atoms with van der Waals surface area (Å²) < 4.78 is 5.64. The van der Waals surface area contributed by atoms with Crippen LogP contribution in [0.3, 0.4) is 0 Å². The molecule has 7 heteroatoms. The molecule has 1 aromatic carbocycles. The lowest BCUT2D eigenvalue weighted by molar-refractivity contribution is -0.137. The summed E-state index contributed by atoms with van der Waals surface area (Å²) in [6.07, 6.45) is 4.18. The molecule has 2 atom stereocenters. The standard InChI is InChI=1S/C21H29N3O4/c1-15-7-5-9-17(13-15)28-12-6-11-22-18(25)14-24-19(26)21(23-20(24)27)10-4-3-8-16(21)2/h5,7,9,13,16H,3-4,6,8,10-12,14H2,1-2H3,(H,22,25)(H,23,27)/t16-,21+/m1/s1. The number of ether oxygens (including phenoxy) is 1. The van der Waals surface area contributed by atoms with E-state index in [0.717, 1.165) is 35.5 Å². The van der Waals surface area contributed by atoms with Crippen LogP contribution in [0, 0.1) is 12.8 Å². The molecule has 4 amide bonds. The fourth-order valence-corrected chi connectivity index (χ4v) is 4.03. The summed E-state index contributed by atoms with van der Waals surface area (Å²) >= 11 is 0. The Labute approximate surface area is 165 Å². The van der Waals surface area contributed by atoms with Gasteiger partial charge in [-0.1, -0.05) is 31.9 Å². The Morgan fingerprint density at radius 2 is 2.18 bits per heavy atom. The van der Waals surface area contributed by atoms with E-state index < -0.39 is 11.6 Å². The summed E-state index contributed by atoms with van der Waals surface area (Å²) in [5.41, 5.74) is 0.307. The number of amides is 4. The van der Waals surface area contributed by atoms with Gasteiger partial charge < -0.3 is 15.4 Å². The minimum atomic E-state index is -0.822. The van der Waals surface area contributed by atoms with Crippen LogP contribution in [0.4, 0.5) is 4.79 Å². The van der Waals surface area contributed by atoms with Crippen molar-refractivity contribution >= 4 is 17.8 Å². The van der Waals surface area contributed by atoms with Crippen LogP contribution in [0.15, 0.2) is 24.3 Å². The Morgan fingerprint density at radius 1 is 1.36 bits per heavy atom. The Kier molecular flexibility index (Phi) is 6.21. The number of nitrogens with one attached hydrogen (secondary N) is 2. The first-order chi connectivity index (χ1) is 13.4. The molecule has 1 spiro atoms. The van der Waals surface area contributed by atoms with Gasteiger partial charge in [0.25, 0.3) is 5.91 Å². The lowest BCUT2D eigenvalue weighted by Gasteiger charge is -2.36. The van der Waals surface area contributed by atoms with Crippen molar-refractivity contribution in [2.75, 3.05) is 19.7 Å². The van der Waals surface area contributed by atoms with Gasteiger partial charge >= 0.3 is 6.03 Å². The summed E-state index contributed by atoms with van der Waals surface area (Å²) in [5, 5.41) is 5.62. The van der Waals surface area contributed by atoms with Gasteiger partial charge in [-0.2, -0.15) is 0 Å². The van der Waals surface area contributed by atoms with Crippen molar-refractivity contribution in [2.24, 2.45) is 5.92 Å². The number of aryl methyl sites for hydroxylation is 1. The summed E-state index contributed by atoms with van der Waals surface area (Å²) in [7, 11) is 0. The van der Waals surface area contributed by atoms with Gasteiger partial charge in [0, 0.05) is 6.54 Å². The monoisotopic (exact) mass is 387 g/mol. The van der Waals surface area contributed by atoms with Gasteiger partial charge in [-0.25, -0.2) is 4.79 Å². The summed E-state index contributed by atoms with van der Waals surface area (Å²) in [6.45, 7) is 4.66. The number of carbonyl (C=O) groups is 3. The molecule has 0 aromatic heterocycles. The lowest BCUT2D eigenvalue weighted by Crippen LogP contribution is -2.54. The molecule has 7 nitrogen and oxygen atoms in total. The van der Waals surface area contributed by atoms with E-state index in [9.17, 15) is 14.4 Å². The van der Waals surface area contributed by atoms with Crippen molar-refractivity contribution in [1.82, 2.24) is 15.5 Å². The molecule has 0 unspecified atom stereocenters. The van der Waals surface area contributed by atoms with Crippen LogP contribution in [-0.4, -0.2) is 48.0 Å². The van der Waals surface area contributed by atoms with Crippen LogP contribution in [0.1, 0.15) is 44.6 Å². The third-order valence-electron chi connectivity index (χ3n) is 5.70. The molecule has 3 rings (SSSR count). The minimum Gasteiger partial charge on any atom is -0.494 e. The highest BCUT2D eigenvalue weighted by Gasteiger charge is 2.55. The maximum atomic E-state index is 12.8. The van der Waals surface area contributed by atoms with Gasteiger partial charge in [-0.15, -0.1) is 0 Å². The lowest BCUT2D eigenvalue weighted by atomic mass is 9.73. The maximum absolute atomic E-state index is 12.8. The molecule has 0 bridgehead atoms. The number of carbonyl (C=O) groups excluding carboxylic acids is 3. The number of benzene rings is 1. The summed E-state index contributed by atoms with van der Waals surface area (Å²) in [4.78, 5) is 38.4. The number of hydrogen-bond acceptors (Lipinski definition) is 4. The second kappa shape index (κ2) is 8.63. The van der Waals surface area contributed by atoms with Crippen LogP contribution >= 0.6 is 0 Å². The molecular weight excluding hydrogens is 358 g/mol. The van der Waals surface area contributed by atoms with E-state index >= 15 is 0 Å². The van der Waals surface area contributed by atoms with E-state index in [1.165, 1.54) is 0 Å². The zero-order valence-corrected chi connectivity index (χ0v) is 16.6. The van der Waals surface area contributed by atoms with E-state index in [1.54, 1.807) is 0 Å². The molecule has 152 valence electrons. The molecule has 2 fully saturated rings. The number of hydrogen-bond donors (Lipinski definition) is 2. The van der Waals surface area contributed by atoms with Crippen LogP contribution < -0.4 is 15.4 Å². The Bertz CT molecular complexity index is 751. The first kappa shape index (κ1) is 20.2. The van der Waals surface area contributed by atoms with Crippen molar-refractivity contribution in [3.05, 3.63) is 29.8 Å². The molecule has 2 aliphatic rings. The van der Waals surface area contributed by atoms with Crippen molar-refractivity contribution < 1.29 is 19.1 Å². The van der Waals surface area contributed by atoms with E-state index in [1.807, 2.05) is 38.1 Å². The van der Waals surface area contributed by atoms with Crippen molar-refractivity contribution in [3.8, 4) is 5.75 Å². The molecule has 1 aromatic rings. The van der Waals surface area contributed by atoms with Gasteiger partial charge in [0.05, 0.1) is 6.61 Å². The second-order valence-corrected chi connectivity index (χ2v) is 7.81. The van der Waals surface area contributed by atoms with Crippen LogP contribution in [0.2, 0.25) is 0 Å². The fourth-order valence-electron chi connectivity index (χ4n) is 4.03. The number of rotatable bonds is 7. The zero-order chi connectivity index (χ0) is 20.1. The molecule has 1 saturated carbocycles. The summed E-state index contributed by atoms with van der Waals surface area (Å²) in [6, 6.07) is 7.33. The quantitative estimate of drug-likeness (QED) is 0.555. The predicted octanol–water partition coefficient (Wildman–Crippen LogP) is 2.38. The Morgan fingerprint density at radius 3 is 2.93 bits per heavy atom. The van der Waals surface area contributed by atoms with Crippen LogP contribution in [0.5, 0.6) is 5.75 Å². The van der Waals surface area contributed by atoms with E-state index in [0.29, 0.717) is 26.0 Å². The number of nitrogens with zero attached hydrogens (tertiary/aromatic N) is 1. The molecule has 1 heterocycles. The number of urea groups is 1. The summed E-state index contributed by atoms with van der Waals surface area (Å²) in [5.74, 6) is 0.296. The largest absolute Gasteiger partial charge is 0.494 e. The van der Waals surface area contributed by atoms with Crippen LogP contribution in [0.25, 0.3) is 0 Å². The van der Waals surface area contributed by atoms with Crippen molar-refractivity contribution in [1.29, 1.82) is 0 Å². The molecule has 28 heavy (non-hydrogen) atoms. The molecular formula is C21H29N3O4. The first-order valence-corrected chi connectivity index (χ1v) is 10.0. The molecule has 1 aliphatic carbocycles. The minimum absolute atomic E-state index is 0.0875. The fraction of sp³-hybridized carbons (Fsp3) is 0.571. The zero-order valence-electron chi connectivity index (χ0n) is 16.6. The van der Waals surface area contributed by atoms with E-state index in [-0.39, 0.29) is 24.3 Å². The highest BCUT2D eigenvalue weighted by Crippen LogP contribution is 2.38. The molecule has 2 N–H and O–H groups in total. The maximum Gasteiger partial charge on any atom is 0.325 e. The highest BCUT2D eigenvalue weighted by atomic mass is 16.5. The van der Waals surface area contributed by atoms with Gasteiger partial charge in [0.15, 0.2) is 0 Å². The average Bonchev–Trinajstić information content (AvgIpc) is 2.89. The van der Waals surface area contributed by atoms with Crippen LogP contribution in [-0.2, 0) is 9.59 Å². The average molecular weight is 387 g/mol. The topological polar surface area (TPSA) is 87.7 Å². The van der Waals surface area contributed by atoms with Gasteiger partial charge in [0.1, 0.15) is 17.8 Å². The SMILES string of the molecule is Cc1cccc(OCCCNC(=O)CN2C(=O)N[C@]3(CCCC[C@H]3C)C2=O)c1. The third kappa shape index (κ3) is 4.29. The predicted molar refractivity (Wildman–Crippen MR) is 105 cm³/mol.